The largest absolute Gasteiger partial charge is 0.480 e. The average Bonchev–Trinajstić information content (AvgIpc) is 2.67. The van der Waals surface area contributed by atoms with Crippen molar-refractivity contribution in [3.63, 3.8) is 0 Å². The molecule has 2 aromatic carbocycles. The van der Waals surface area contributed by atoms with Gasteiger partial charge in [-0.1, -0.05) is 17.7 Å². The van der Waals surface area contributed by atoms with Gasteiger partial charge in [-0.25, -0.2) is 4.79 Å². The number of benzene rings is 2. The van der Waals surface area contributed by atoms with Gasteiger partial charge in [-0.2, -0.15) is 0 Å². The van der Waals surface area contributed by atoms with E-state index in [-0.39, 0.29) is 12.5 Å². The molecule has 1 N–H and O–H groups in total. The van der Waals surface area contributed by atoms with Crippen molar-refractivity contribution in [2.45, 2.75) is 6.92 Å². The topological polar surface area (TPSA) is 84.9 Å². The third-order valence-electron chi connectivity index (χ3n) is 3.62. The number of carbonyl (C=O) groups is 3. The van der Waals surface area contributed by atoms with Crippen molar-refractivity contribution >= 4 is 35.1 Å². The van der Waals surface area contributed by atoms with E-state index < -0.39 is 18.5 Å². The number of hydrogen-bond donors (Lipinski definition) is 1. The third-order valence-corrected chi connectivity index (χ3v) is 3.93. The number of nitrogens with one attached hydrogen (secondary N) is 1. The molecular formula is C20H21ClN2O5. The summed E-state index contributed by atoms with van der Waals surface area (Å²) in [7, 11) is 3.31. The Bertz CT molecular complexity index is 865. The molecule has 8 heteroatoms. The monoisotopic (exact) mass is 404 g/mol. The Morgan fingerprint density at radius 1 is 1.04 bits per heavy atom. The molecule has 0 spiro atoms. The van der Waals surface area contributed by atoms with Crippen molar-refractivity contribution in [2.75, 3.05) is 32.6 Å². The lowest BCUT2D eigenvalue weighted by atomic mass is 10.2. The van der Waals surface area contributed by atoms with Gasteiger partial charge in [0.1, 0.15) is 5.75 Å². The average molecular weight is 405 g/mol. The van der Waals surface area contributed by atoms with Gasteiger partial charge in [-0.15, -0.1) is 0 Å². The maximum absolute atomic E-state index is 11.9. The highest BCUT2D eigenvalue weighted by molar-refractivity contribution is 6.32. The number of hydrogen-bond acceptors (Lipinski definition) is 5. The molecule has 0 atom stereocenters. The van der Waals surface area contributed by atoms with Crippen LogP contribution >= 0.6 is 11.6 Å². The van der Waals surface area contributed by atoms with Crippen LogP contribution in [0.15, 0.2) is 42.5 Å². The van der Waals surface area contributed by atoms with E-state index >= 15 is 0 Å². The summed E-state index contributed by atoms with van der Waals surface area (Å²) in [6.45, 7) is 1.05. The summed E-state index contributed by atoms with van der Waals surface area (Å²) in [5, 5.41) is 2.96. The number of rotatable bonds is 7. The Labute approximate surface area is 168 Å². The van der Waals surface area contributed by atoms with Gasteiger partial charge in [-0.3, -0.25) is 9.59 Å². The fourth-order valence-corrected chi connectivity index (χ4v) is 2.37. The van der Waals surface area contributed by atoms with Crippen LogP contribution in [-0.2, 0) is 14.3 Å². The number of anilines is 1. The van der Waals surface area contributed by atoms with Gasteiger partial charge in [0.05, 0.1) is 5.02 Å². The summed E-state index contributed by atoms with van der Waals surface area (Å²) < 4.78 is 10.2. The smallest absolute Gasteiger partial charge is 0.344 e. The van der Waals surface area contributed by atoms with Crippen molar-refractivity contribution in [2.24, 2.45) is 0 Å². The van der Waals surface area contributed by atoms with Crippen LogP contribution in [0.5, 0.6) is 5.75 Å². The van der Waals surface area contributed by atoms with Crippen LogP contribution in [-0.4, -0.2) is 50.0 Å². The van der Waals surface area contributed by atoms with Gasteiger partial charge in [0, 0.05) is 25.3 Å². The van der Waals surface area contributed by atoms with Gasteiger partial charge in [-0.05, 0) is 48.9 Å². The van der Waals surface area contributed by atoms with Gasteiger partial charge in [0.25, 0.3) is 11.8 Å². The lowest BCUT2D eigenvalue weighted by molar-refractivity contribution is -0.149. The molecule has 0 unspecified atom stereocenters. The van der Waals surface area contributed by atoms with Gasteiger partial charge in [0.2, 0.25) is 0 Å². The zero-order chi connectivity index (χ0) is 20.7. The molecule has 0 saturated heterocycles. The van der Waals surface area contributed by atoms with Gasteiger partial charge < -0.3 is 19.7 Å². The maximum Gasteiger partial charge on any atom is 0.344 e. The molecule has 148 valence electrons. The predicted octanol–water partition coefficient (Wildman–Crippen LogP) is 2.91. The van der Waals surface area contributed by atoms with Crippen molar-refractivity contribution < 1.29 is 23.9 Å². The fourth-order valence-electron chi connectivity index (χ4n) is 2.20. The number of ether oxygens (including phenoxy) is 2. The lowest BCUT2D eigenvalue weighted by Gasteiger charge is -2.11. The molecule has 2 amide bonds. The predicted molar refractivity (Wildman–Crippen MR) is 106 cm³/mol. The molecule has 0 aromatic heterocycles. The normalized spacial score (nSPS) is 10.1. The maximum atomic E-state index is 11.9. The Balaban J connectivity index is 1.78. The summed E-state index contributed by atoms with van der Waals surface area (Å²) in [6, 6.07) is 11.6. The molecule has 28 heavy (non-hydrogen) atoms. The standard InChI is InChI=1S/C20H21ClN2O5/c1-13-4-9-16(21)17(10-13)27-12-19(25)28-11-18(24)22-15-7-5-14(6-8-15)20(26)23(2)3/h4-10H,11-12H2,1-3H3,(H,22,24). The highest BCUT2D eigenvalue weighted by atomic mass is 35.5. The molecule has 0 aliphatic carbocycles. The van der Waals surface area contributed by atoms with Crippen LogP contribution in [0.1, 0.15) is 15.9 Å². The van der Waals surface area contributed by atoms with E-state index in [1.165, 1.54) is 4.90 Å². The van der Waals surface area contributed by atoms with E-state index in [0.29, 0.717) is 22.0 Å². The minimum atomic E-state index is -0.695. The van der Waals surface area contributed by atoms with Crippen LogP contribution in [0, 0.1) is 6.92 Å². The van der Waals surface area contributed by atoms with Crippen LogP contribution in [0.25, 0.3) is 0 Å². The Morgan fingerprint density at radius 3 is 2.36 bits per heavy atom. The third kappa shape index (κ3) is 6.28. The number of nitrogens with zero attached hydrogens (tertiary/aromatic N) is 1. The summed E-state index contributed by atoms with van der Waals surface area (Å²) in [4.78, 5) is 36.9. The van der Waals surface area contributed by atoms with E-state index in [4.69, 9.17) is 21.1 Å². The number of esters is 1. The quantitative estimate of drug-likeness (QED) is 0.717. The first kappa shape index (κ1) is 21.2. The summed E-state index contributed by atoms with van der Waals surface area (Å²) >= 11 is 5.98. The molecule has 0 aliphatic rings. The second-order valence-corrected chi connectivity index (χ2v) is 6.62. The van der Waals surface area contributed by atoms with Crippen LogP contribution < -0.4 is 10.1 Å². The second kappa shape index (κ2) is 9.75. The van der Waals surface area contributed by atoms with E-state index in [1.807, 2.05) is 13.0 Å². The second-order valence-electron chi connectivity index (χ2n) is 6.21. The molecule has 2 aromatic rings. The molecule has 0 saturated carbocycles. The Hall–Kier alpha value is -3.06. The first-order valence-corrected chi connectivity index (χ1v) is 8.80. The molecule has 2 rings (SSSR count). The van der Waals surface area contributed by atoms with E-state index in [0.717, 1.165) is 5.56 Å². The van der Waals surface area contributed by atoms with Crippen LogP contribution in [0.3, 0.4) is 0 Å². The van der Waals surface area contributed by atoms with Crippen molar-refractivity contribution in [3.8, 4) is 5.75 Å². The van der Waals surface area contributed by atoms with E-state index in [1.54, 1.807) is 50.5 Å². The first-order chi connectivity index (χ1) is 13.3. The van der Waals surface area contributed by atoms with E-state index in [2.05, 4.69) is 5.32 Å². The lowest BCUT2D eigenvalue weighted by Crippen LogP contribution is -2.24. The van der Waals surface area contributed by atoms with Crippen molar-refractivity contribution in [1.82, 2.24) is 4.90 Å². The van der Waals surface area contributed by atoms with Crippen LogP contribution in [0.4, 0.5) is 5.69 Å². The SMILES string of the molecule is Cc1ccc(Cl)c(OCC(=O)OCC(=O)Nc2ccc(C(=O)N(C)C)cc2)c1. The zero-order valence-corrected chi connectivity index (χ0v) is 16.6. The zero-order valence-electron chi connectivity index (χ0n) is 15.8. The number of amides is 2. The van der Waals surface area contributed by atoms with Crippen molar-refractivity contribution in [3.05, 3.63) is 58.6 Å². The summed E-state index contributed by atoms with van der Waals surface area (Å²) in [5.74, 6) is -0.968. The summed E-state index contributed by atoms with van der Waals surface area (Å²) in [6.07, 6.45) is 0. The molecule has 0 heterocycles. The molecule has 0 bridgehead atoms. The fraction of sp³-hybridized carbons (Fsp3) is 0.250. The molecule has 0 aliphatic heterocycles. The van der Waals surface area contributed by atoms with Crippen LogP contribution in [0.2, 0.25) is 5.02 Å². The first-order valence-electron chi connectivity index (χ1n) is 8.42. The Kier molecular flexibility index (Phi) is 7.40. The highest BCUT2D eigenvalue weighted by Crippen LogP contribution is 2.25. The molecular weight excluding hydrogens is 384 g/mol. The minimum Gasteiger partial charge on any atom is -0.480 e. The van der Waals surface area contributed by atoms with E-state index in [9.17, 15) is 14.4 Å². The van der Waals surface area contributed by atoms with Gasteiger partial charge in [0.15, 0.2) is 13.2 Å². The van der Waals surface area contributed by atoms with Crippen molar-refractivity contribution in [1.29, 1.82) is 0 Å². The summed E-state index contributed by atoms with van der Waals surface area (Å²) in [5.41, 5.74) is 1.92. The highest BCUT2D eigenvalue weighted by Gasteiger charge is 2.11. The number of carbonyl (C=O) groups excluding carboxylic acids is 3. The molecule has 0 fully saturated rings. The Morgan fingerprint density at radius 2 is 1.71 bits per heavy atom. The molecule has 0 radical (unpaired) electrons. The number of halogens is 1. The minimum absolute atomic E-state index is 0.138. The van der Waals surface area contributed by atoms with Gasteiger partial charge >= 0.3 is 5.97 Å². The number of aryl methyl sites for hydroxylation is 1. The molecule has 7 nitrogen and oxygen atoms in total.